The molecule has 4 rings (SSSR count). The predicted molar refractivity (Wildman–Crippen MR) is 79.1 cm³/mol. The van der Waals surface area contributed by atoms with Crippen molar-refractivity contribution in [2.24, 2.45) is 0 Å². The van der Waals surface area contributed by atoms with Crippen molar-refractivity contribution in [1.82, 2.24) is 19.6 Å². The van der Waals surface area contributed by atoms with Gasteiger partial charge in [-0.3, -0.25) is 4.40 Å². The van der Waals surface area contributed by atoms with Crippen LogP contribution in [0.3, 0.4) is 0 Å². The summed E-state index contributed by atoms with van der Waals surface area (Å²) in [6.45, 7) is 0. The molecule has 7 nitrogen and oxygen atoms in total. The third-order valence-electron chi connectivity index (χ3n) is 3.49. The lowest BCUT2D eigenvalue weighted by atomic mass is 10.2. The zero-order valence-corrected chi connectivity index (χ0v) is 12.0. The highest BCUT2D eigenvalue weighted by molar-refractivity contribution is 5.94. The predicted octanol–water partition coefficient (Wildman–Crippen LogP) is 2.55. The maximum Gasteiger partial charge on any atom is 0.205 e. The summed E-state index contributed by atoms with van der Waals surface area (Å²) in [5, 5.41) is 9.27. The van der Waals surface area contributed by atoms with Gasteiger partial charge in [0.2, 0.25) is 5.82 Å². The maximum atomic E-state index is 5.38. The Bertz CT molecular complexity index is 960. The zero-order chi connectivity index (χ0) is 15.1. The van der Waals surface area contributed by atoms with Crippen LogP contribution in [0.1, 0.15) is 0 Å². The molecule has 0 aliphatic heterocycles. The molecule has 110 valence electrons. The smallest absolute Gasteiger partial charge is 0.205 e. The molecular formula is C15H12N4O3. The molecule has 0 radical (unpaired) electrons. The van der Waals surface area contributed by atoms with Crippen molar-refractivity contribution in [1.29, 1.82) is 0 Å². The molecule has 0 unspecified atom stereocenters. The molecule has 1 aromatic carbocycles. The molecule has 0 aliphatic carbocycles. The molecule has 3 aromatic heterocycles. The van der Waals surface area contributed by atoms with Gasteiger partial charge in [0.25, 0.3) is 0 Å². The Morgan fingerprint density at radius 3 is 2.64 bits per heavy atom. The highest BCUT2D eigenvalue weighted by atomic mass is 16.5. The van der Waals surface area contributed by atoms with Crippen LogP contribution in [0.4, 0.5) is 0 Å². The molecule has 0 N–H and O–H groups in total. The normalized spacial score (nSPS) is 11.2. The SMILES string of the molecule is COc1cc2ncn3c(-c4ccco4)nnc3c2cc1OC. The molecule has 0 saturated heterocycles. The highest BCUT2D eigenvalue weighted by Crippen LogP contribution is 2.33. The summed E-state index contributed by atoms with van der Waals surface area (Å²) >= 11 is 0. The quantitative estimate of drug-likeness (QED) is 0.578. The lowest BCUT2D eigenvalue weighted by Gasteiger charge is -2.09. The fourth-order valence-corrected chi connectivity index (χ4v) is 2.43. The minimum absolute atomic E-state index is 0.601. The van der Waals surface area contributed by atoms with Crippen molar-refractivity contribution >= 4 is 16.6 Å². The average Bonchev–Trinajstić information content (AvgIpc) is 3.21. The second-order valence-electron chi connectivity index (χ2n) is 4.66. The van der Waals surface area contributed by atoms with E-state index in [1.165, 1.54) is 0 Å². The van der Waals surface area contributed by atoms with Gasteiger partial charge in [-0.25, -0.2) is 4.98 Å². The number of nitrogens with zero attached hydrogens (tertiary/aromatic N) is 4. The Balaban J connectivity index is 2.03. The van der Waals surface area contributed by atoms with Gasteiger partial charge in [0.1, 0.15) is 6.33 Å². The molecule has 0 aliphatic rings. The Hall–Kier alpha value is -3.09. The van der Waals surface area contributed by atoms with Crippen LogP contribution in [0.5, 0.6) is 11.5 Å². The summed E-state index contributed by atoms with van der Waals surface area (Å²) < 4.78 is 17.8. The van der Waals surface area contributed by atoms with E-state index in [2.05, 4.69) is 15.2 Å². The lowest BCUT2D eigenvalue weighted by Crippen LogP contribution is -1.95. The zero-order valence-electron chi connectivity index (χ0n) is 12.0. The molecular weight excluding hydrogens is 284 g/mol. The maximum absolute atomic E-state index is 5.38. The minimum atomic E-state index is 0.601. The first-order valence-electron chi connectivity index (χ1n) is 6.61. The van der Waals surface area contributed by atoms with Gasteiger partial charge < -0.3 is 13.9 Å². The number of benzene rings is 1. The average molecular weight is 296 g/mol. The van der Waals surface area contributed by atoms with Gasteiger partial charge in [-0.05, 0) is 18.2 Å². The Morgan fingerprint density at radius 2 is 1.91 bits per heavy atom. The first-order valence-corrected chi connectivity index (χ1v) is 6.61. The van der Waals surface area contributed by atoms with Gasteiger partial charge in [0, 0.05) is 11.5 Å². The van der Waals surface area contributed by atoms with E-state index in [1.54, 1.807) is 37.3 Å². The molecule has 3 heterocycles. The van der Waals surface area contributed by atoms with Crippen LogP contribution >= 0.6 is 0 Å². The van der Waals surface area contributed by atoms with Crippen LogP contribution in [0.15, 0.2) is 41.3 Å². The van der Waals surface area contributed by atoms with E-state index < -0.39 is 0 Å². The number of rotatable bonds is 3. The molecule has 7 heteroatoms. The first-order chi connectivity index (χ1) is 10.8. The second-order valence-corrected chi connectivity index (χ2v) is 4.66. The van der Waals surface area contributed by atoms with E-state index in [0.717, 1.165) is 10.9 Å². The summed E-state index contributed by atoms with van der Waals surface area (Å²) in [6, 6.07) is 7.29. The van der Waals surface area contributed by atoms with E-state index in [-0.39, 0.29) is 0 Å². The minimum Gasteiger partial charge on any atom is -0.493 e. The third kappa shape index (κ3) is 1.72. The summed E-state index contributed by atoms with van der Waals surface area (Å²) in [6.07, 6.45) is 3.26. The van der Waals surface area contributed by atoms with Crippen LogP contribution in [0.2, 0.25) is 0 Å². The van der Waals surface area contributed by atoms with E-state index in [4.69, 9.17) is 13.9 Å². The largest absolute Gasteiger partial charge is 0.493 e. The standard InChI is InChI=1S/C15H12N4O3/c1-20-12-6-9-10(7-13(12)21-2)16-8-19-14(9)17-18-15(19)11-4-3-5-22-11/h3-8H,1-2H3. The van der Waals surface area contributed by atoms with Gasteiger partial charge in [-0.2, -0.15) is 0 Å². The van der Waals surface area contributed by atoms with Gasteiger partial charge in [-0.15, -0.1) is 10.2 Å². The van der Waals surface area contributed by atoms with E-state index in [0.29, 0.717) is 28.7 Å². The number of hydrogen-bond acceptors (Lipinski definition) is 6. The van der Waals surface area contributed by atoms with Crippen molar-refractivity contribution in [3.63, 3.8) is 0 Å². The Labute approximate surface area is 125 Å². The highest BCUT2D eigenvalue weighted by Gasteiger charge is 2.15. The van der Waals surface area contributed by atoms with Crippen molar-refractivity contribution in [2.45, 2.75) is 0 Å². The monoisotopic (exact) mass is 296 g/mol. The Kier molecular flexibility index (Phi) is 2.72. The van der Waals surface area contributed by atoms with Crippen LogP contribution in [-0.4, -0.2) is 33.8 Å². The molecule has 0 saturated carbocycles. The Morgan fingerprint density at radius 1 is 1.09 bits per heavy atom. The topological polar surface area (TPSA) is 74.7 Å². The number of ether oxygens (including phenoxy) is 2. The molecule has 4 aromatic rings. The van der Waals surface area contributed by atoms with E-state index in [1.807, 2.05) is 18.2 Å². The molecule has 22 heavy (non-hydrogen) atoms. The molecule has 0 atom stereocenters. The van der Waals surface area contributed by atoms with Crippen LogP contribution in [0.25, 0.3) is 28.1 Å². The number of fused-ring (bicyclic) bond motifs is 3. The van der Waals surface area contributed by atoms with Crippen molar-refractivity contribution in [3.8, 4) is 23.1 Å². The third-order valence-corrected chi connectivity index (χ3v) is 3.49. The van der Waals surface area contributed by atoms with Gasteiger partial charge >= 0.3 is 0 Å². The van der Waals surface area contributed by atoms with E-state index >= 15 is 0 Å². The van der Waals surface area contributed by atoms with Gasteiger partial charge in [-0.1, -0.05) is 0 Å². The molecule has 0 amide bonds. The summed E-state index contributed by atoms with van der Waals surface area (Å²) in [5.74, 6) is 2.48. The van der Waals surface area contributed by atoms with Crippen LogP contribution < -0.4 is 9.47 Å². The number of aromatic nitrogens is 4. The summed E-state index contributed by atoms with van der Waals surface area (Å²) in [5.41, 5.74) is 1.43. The van der Waals surface area contributed by atoms with Crippen LogP contribution in [0, 0.1) is 0 Å². The van der Waals surface area contributed by atoms with Crippen molar-refractivity contribution in [2.75, 3.05) is 14.2 Å². The van der Waals surface area contributed by atoms with Gasteiger partial charge in [0.05, 0.1) is 26.0 Å². The molecule has 0 fully saturated rings. The van der Waals surface area contributed by atoms with E-state index in [9.17, 15) is 0 Å². The molecule has 0 bridgehead atoms. The summed E-state index contributed by atoms with van der Waals surface area (Å²) in [7, 11) is 3.18. The molecule has 0 spiro atoms. The number of methoxy groups -OCH3 is 2. The summed E-state index contributed by atoms with van der Waals surface area (Å²) in [4.78, 5) is 4.44. The van der Waals surface area contributed by atoms with Crippen LogP contribution in [-0.2, 0) is 0 Å². The fraction of sp³-hybridized carbons (Fsp3) is 0.133. The van der Waals surface area contributed by atoms with Gasteiger partial charge in [0.15, 0.2) is 22.9 Å². The lowest BCUT2D eigenvalue weighted by molar-refractivity contribution is 0.356. The second kappa shape index (κ2) is 4.73. The van der Waals surface area contributed by atoms with Crippen molar-refractivity contribution in [3.05, 3.63) is 36.9 Å². The fourth-order valence-electron chi connectivity index (χ4n) is 2.43. The number of furan rings is 1. The van der Waals surface area contributed by atoms with Crippen molar-refractivity contribution < 1.29 is 13.9 Å². The first kappa shape index (κ1) is 12.6. The number of hydrogen-bond donors (Lipinski definition) is 0.